The third-order valence-corrected chi connectivity index (χ3v) is 2.84. The summed E-state index contributed by atoms with van der Waals surface area (Å²) in [6, 6.07) is 1.18. The van der Waals surface area contributed by atoms with E-state index in [1.807, 2.05) is 13.8 Å². The standard InChI is InChI=1S/C14H18N4O4/c1-8(2)4-13-17-12(18-22-13)7-16-14(20)9-5-10(19)11(21-3)6-15-9/h5-6,8H,4,7H2,1-3H3,(H,15,19)(H,16,20). The van der Waals surface area contributed by atoms with Crippen molar-refractivity contribution in [2.45, 2.75) is 26.8 Å². The summed E-state index contributed by atoms with van der Waals surface area (Å²) in [5.74, 6) is 1.05. The number of carbonyl (C=O) groups is 1. The highest BCUT2D eigenvalue weighted by atomic mass is 16.5. The van der Waals surface area contributed by atoms with Crippen molar-refractivity contribution in [3.05, 3.63) is 39.9 Å². The fourth-order valence-corrected chi connectivity index (χ4v) is 1.80. The van der Waals surface area contributed by atoms with Crippen molar-refractivity contribution in [3.8, 4) is 5.75 Å². The molecular formula is C14H18N4O4. The summed E-state index contributed by atoms with van der Waals surface area (Å²) in [5.41, 5.74) is -0.234. The van der Waals surface area contributed by atoms with Gasteiger partial charge in [-0.05, 0) is 5.92 Å². The molecule has 0 aliphatic heterocycles. The molecule has 8 heteroatoms. The van der Waals surface area contributed by atoms with Gasteiger partial charge in [-0.15, -0.1) is 0 Å². The minimum Gasteiger partial charge on any atom is -0.491 e. The largest absolute Gasteiger partial charge is 0.491 e. The molecule has 0 radical (unpaired) electrons. The van der Waals surface area contributed by atoms with E-state index in [9.17, 15) is 9.59 Å². The van der Waals surface area contributed by atoms with Gasteiger partial charge in [-0.25, -0.2) is 0 Å². The molecule has 0 aromatic carbocycles. The molecule has 0 fully saturated rings. The lowest BCUT2D eigenvalue weighted by molar-refractivity contribution is 0.0944. The minimum atomic E-state index is -0.435. The maximum atomic E-state index is 11.9. The Morgan fingerprint density at radius 2 is 2.27 bits per heavy atom. The number of amides is 1. The van der Waals surface area contributed by atoms with E-state index in [0.29, 0.717) is 24.1 Å². The summed E-state index contributed by atoms with van der Waals surface area (Å²) >= 11 is 0. The first-order chi connectivity index (χ1) is 10.5. The van der Waals surface area contributed by atoms with Crippen molar-refractivity contribution < 1.29 is 14.1 Å². The van der Waals surface area contributed by atoms with Crippen LogP contribution in [0.3, 0.4) is 0 Å². The lowest BCUT2D eigenvalue weighted by Crippen LogP contribution is -2.25. The molecule has 2 aromatic heterocycles. The summed E-state index contributed by atoms with van der Waals surface area (Å²) in [7, 11) is 1.38. The Morgan fingerprint density at radius 3 is 2.91 bits per heavy atom. The van der Waals surface area contributed by atoms with E-state index in [1.165, 1.54) is 19.4 Å². The van der Waals surface area contributed by atoms with Gasteiger partial charge in [-0.2, -0.15) is 4.98 Å². The van der Waals surface area contributed by atoms with E-state index in [2.05, 4.69) is 20.4 Å². The van der Waals surface area contributed by atoms with E-state index < -0.39 is 5.91 Å². The Balaban J connectivity index is 1.96. The van der Waals surface area contributed by atoms with E-state index in [1.54, 1.807) is 0 Å². The third kappa shape index (κ3) is 3.94. The fraction of sp³-hybridized carbons (Fsp3) is 0.429. The number of carbonyl (C=O) groups excluding carboxylic acids is 1. The van der Waals surface area contributed by atoms with E-state index >= 15 is 0 Å². The highest BCUT2D eigenvalue weighted by Gasteiger charge is 2.12. The number of nitrogens with one attached hydrogen (secondary N) is 2. The molecule has 2 aromatic rings. The maximum Gasteiger partial charge on any atom is 0.268 e. The molecule has 2 rings (SSSR count). The number of aromatic amines is 1. The quantitative estimate of drug-likeness (QED) is 0.820. The number of methoxy groups -OCH3 is 1. The van der Waals surface area contributed by atoms with Gasteiger partial charge in [0.2, 0.25) is 11.3 Å². The van der Waals surface area contributed by atoms with Crippen molar-refractivity contribution in [1.29, 1.82) is 0 Å². The molecule has 0 aliphatic carbocycles. The SMILES string of the molecule is COc1c[nH]c(C(=O)NCc2noc(CC(C)C)n2)cc1=O. The van der Waals surface area contributed by atoms with Gasteiger partial charge in [0.1, 0.15) is 5.69 Å². The van der Waals surface area contributed by atoms with Gasteiger partial charge in [0.05, 0.1) is 13.7 Å². The van der Waals surface area contributed by atoms with Crippen LogP contribution in [0.2, 0.25) is 0 Å². The van der Waals surface area contributed by atoms with Gasteiger partial charge in [-0.3, -0.25) is 9.59 Å². The average molecular weight is 306 g/mol. The van der Waals surface area contributed by atoms with Gasteiger partial charge in [0, 0.05) is 18.7 Å². The zero-order valence-electron chi connectivity index (χ0n) is 12.7. The van der Waals surface area contributed by atoms with E-state index in [0.717, 1.165) is 0 Å². The number of rotatable bonds is 6. The van der Waals surface area contributed by atoms with Crippen LogP contribution in [0.25, 0.3) is 0 Å². The highest BCUT2D eigenvalue weighted by Crippen LogP contribution is 2.06. The number of aromatic nitrogens is 3. The van der Waals surface area contributed by atoms with Gasteiger partial charge in [0.15, 0.2) is 11.6 Å². The topological polar surface area (TPSA) is 110 Å². The molecule has 2 N–H and O–H groups in total. The Morgan fingerprint density at radius 1 is 1.50 bits per heavy atom. The van der Waals surface area contributed by atoms with Gasteiger partial charge in [0.25, 0.3) is 5.91 Å². The molecule has 0 bridgehead atoms. The van der Waals surface area contributed by atoms with Crippen LogP contribution in [0.4, 0.5) is 0 Å². The summed E-state index contributed by atoms with van der Waals surface area (Å²) in [6.07, 6.45) is 2.03. The lowest BCUT2D eigenvalue weighted by Gasteiger charge is -2.03. The number of pyridine rings is 1. The number of nitrogens with zero attached hydrogens (tertiary/aromatic N) is 2. The van der Waals surface area contributed by atoms with Gasteiger partial charge in [-0.1, -0.05) is 19.0 Å². The minimum absolute atomic E-state index is 0.120. The molecule has 0 saturated heterocycles. The normalized spacial score (nSPS) is 10.7. The highest BCUT2D eigenvalue weighted by molar-refractivity contribution is 5.92. The average Bonchev–Trinajstić information content (AvgIpc) is 2.91. The Labute approximate surface area is 126 Å². The molecule has 0 spiro atoms. The van der Waals surface area contributed by atoms with E-state index in [-0.39, 0.29) is 23.4 Å². The molecule has 0 saturated carbocycles. The van der Waals surface area contributed by atoms with Crippen LogP contribution in [0.15, 0.2) is 21.6 Å². The molecule has 118 valence electrons. The first-order valence-corrected chi connectivity index (χ1v) is 6.86. The Hall–Kier alpha value is -2.64. The van der Waals surface area contributed by atoms with Crippen molar-refractivity contribution in [1.82, 2.24) is 20.4 Å². The number of ether oxygens (including phenoxy) is 1. The second-order valence-electron chi connectivity index (χ2n) is 5.16. The second kappa shape index (κ2) is 6.88. The molecule has 2 heterocycles. The summed E-state index contributed by atoms with van der Waals surface area (Å²) < 4.78 is 9.91. The van der Waals surface area contributed by atoms with Crippen LogP contribution in [-0.4, -0.2) is 28.1 Å². The molecule has 0 unspecified atom stereocenters. The van der Waals surface area contributed by atoms with Crippen molar-refractivity contribution in [2.24, 2.45) is 5.92 Å². The maximum absolute atomic E-state index is 11.9. The predicted octanol–water partition coefficient (Wildman–Crippen LogP) is 0.895. The third-order valence-electron chi connectivity index (χ3n) is 2.84. The molecular weight excluding hydrogens is 288 g/mol. The van der Waals surface area contributed by atoms with Crippen LogP contribution in [0.1, 0.15) is 36.1 Å². The second-order valence-corrected chi connectivity index (χ2v) is 5.16. The lowest BCUT2D eigenvalue weighted by atomic mass is 10.1. The van der Waals surface area contributed by atoms with Crippen LogP contribution >= 0.6 is 0 Å². The van der Waals surface area contributed by atoms with Crippen LogP contribution in [0, 0.1) is 5.92 Å². The zero-order chi connectivity index (χ0) is 16.1. The van der Waals surface area contributed by atoms with E-state index in [4.69, 9.17) is 9.26 Å². The smallest absolute Gasteiger partial charge is 0.268 e. The summed E-state index contributed by atoms with van der Waals surface area (Å²) in [4.78, 5) is 30.4. The van der Waals surface area contributed by atoms with Gasteiger partial charge < -0.3 is 19.6 Å². The van der Waals surface area contributed by atoms with Crippen LogP contribution in [0.5, 0.6) is 5.75 Å². The first-order valence-electron chi connectivity index (χ1n) is 6.86. The van der Waals surface area contributed by atoms with Crippen LogP contribution in [-0.2, 0) is 13.0 Å². The zero-order valence-corrected chi connectivity index (χ0v) is 12.7. The Kier molecular flexibility index (Phi) is 4.92. The first kappa shape index (κ1) is 15.7. The number of hydrogen-bond acceptors (Lipinski definition) is 6. The molecule has 0 aliphatic rings. The number of H-pyrrole nitrogens is 1. The number of hydrogen-bond donors (Lipinski definition) is 2. The van der Waals surface area contributed by atoms with Crippen molar-refractivity contribution in [2.75, 3.05) is 7.11 Å². The van der Waals surface area contributed by atoms with Crippen molar-refractivity contribution in [3.63, 3.8) is 0 Å². The van der Waals surface area contributed by atoms with Crippen LogP contribution < -0.4 is 15.5 Å². The Bertz CT molecular complexity index is 705. The summed E-state index contributed by atoms with van der Waals surface area (Å²) in [6.45, 7) is 4.21. The van der Waals surface area contributed by atoms with Crippen molar-refractivity contribution >= 4 is 5.91 Å². The monoisotopic (exact) mass is 306 g/mol. The molecule has 22 heavy (non-hydrogen) atoms. The molecule has 8 nitrogen and oxygen atoms in total. The molecule has 0 atom stereocenters. The fourth-order valence-electron chi connectivity index (χ4n) is 1.80. The summed E-state index contributed by atoms with van der Waals surface area (Å²) in [5, 5.41) is 6.40. The molecule has 1 amide bonds. The predicted molar refractivity (Wildman–Crippen MR) is 77.6 cm³/mol. The van der Waals surface area contributed by atoms with Gasteiger partial charge >= 0.3 is 0 Å².